The van der Waals surface area contributed by atoms with Crippen molar-refractivity contribution in [1.29, 1.82) is 0 Å². The number of carbonyl (C=O) groups is 3. The summed E-state index contributed by atoms with van der Waals surface area (Å²) in [6.45, 7) is 7.48. The summed E-state index contributed by atoms with van der Waals surface area (Å²) in [6, 6.07) is 6.19. The maximum atomic E-state index is 14.5. The van der Waals surface area contributed by atoms with Crippen LogP contribution in [0.4, 0.5) is 14.5 Å². The van der Waals surface area contributed by atoms with E-state index in [1.54, 1.807) is 25.1 Å². The van der Waals surface area contributed by atoms with Crippen LogP contribution in [0.15, 0.2) is 36.4 Å². The molecule has 200 valence electrons. The van der Waals surface area contributed by atoms with E-state index in [1.165, 1.54) is 6.07 Å². The molecule has 0 radical (unpaired) electrons. The smallest absolute Gasteiger partial charge is 0.329 e. The highest BCUT2D eigenvalue weighted by Crippen LogP contribution is 2.42. The summed E-state index contributed by atoms with van der Waals surface area (Å²) in [4.78, 5) is 40.3. The second-order valence-electron chi connectivity index (χ2n) is 10.4. The molecule has 0 saturated carbocycles. The molecule has 3 unspecified atom stereocenters. The number of ether oxygens (including phenoxy) is 1. The van der Waals surface area contributed by atoms with Gasteiger partial charge in [0.15, 0.2) is 5.78 Å². The highest BCUT2D eigenvalue weighted by atomic mass is 35.5. The molecule has 1 aliphatic heterocycles. The summed E-state index contributed by atoms with van der Waals surface area (Å²) in [6.07, 6.45) is 1.84. The number of anilines is 1. The van der Waals surface area contributed by atoms with Gasteiger partial charge in [0, 0.05) is 28.6 Å². The fraction of sp³-hybridized carbons (Fsp3) is 0.464. The largest absolute Gasteiger partial charge is 0.464 e. The quantitative estimate of drug-likeness (QED) is 0.288. The second kappa shape index (κ2) is 12.0. The van der Waals surface area contributed by atoms with Gasteiger partial charge in [-0.25, -0.2) is 13.6 Å². The average molecular weight is 535 g/mol. The Morgan fingerprint density at radius 3 is 2.46 bits per heavy atom. The summed E-state index contributed by atoms with van der Waals surface area (Å²) < 4.78 is 34.4. The number of hydrogen-bond acceptors (Lipinski definition) is 5. The monoisotopic (exact) mass is 534 g/mol. The molecule has 1 N–H and O–H groups in total. The minimum atomic E-state index is -1.18. The van der Waals surface area contributed by atoms with Crippen molar-refractivity contribution in [1.82, 2.24) is 4.90 Å². The van der Waals surface area contributed by atoms with E-state index in [0.717, 1.165) is 23.5 Å². The number of carbonyl (C=O) groups excluding carboxylic acids is 3. The van der Waals surface area contributed by atoms with Crippen molar-refractivity contribution >= 4 is 35.5 Å². The highest BCUT2D eigenvalue weighted by Gasteiger charge is 2.47. The lowest BCUT2D eigenvalue weighted by Gasteiger charge is -2.34. The van der Waals surface area contributed by atoms with Crippen molar-refractivity contribution in [3.8, 4) is 0 Å². The second-order valence-corrected chi connectivity index (χ2v) is 10.9. The Balaban J connectivity index is 2.08. The van der Waals surface area contributed by atoms with Crippen LogP contribution in [-0.4, -0.2) is 41.8 Å². The Morgan fingerprint density at radius 1 is 1.19 bits per heavy atom. The molecule has 1 amide bonds. The Morgan fingerprint density at radius 2 is 1.86 bits per heavy atom. The van der Waals surface area contributed by atoms with Crippen LogP contribution in [0.5, 0.6) is 0 Å². The molecule has 2 aromatic carbocycles. The van der Waals surface area contributed by atoms with Gasteiger partial charge in [-0.3, -0.25) is 9.59 Å². The van der Waals surface area contributed by atoms with E-state index in [4.69, 9.17) is 16.3 Å². The molecule has 0 fully saturated rings. The number of esters is 1. The van der Waals surface area contributed by atoms with Crippen molar-refractivity contribution in [2.75, 3.05) is 11.9 Å². The SMILES string of the molecule is CCOC(=O)C1Nc2cc(Cl)ccc2C1C(C(=O)CCCC(C)(C)C)N(C=O)Cc1c(F)cccc1F. The third-order valence-corrected chi connectivity index (χ3v) is 6.74. The van der Waals surface area contributed by atoms with Gasteiger partial charge in [-0.05, 0) is 55.0 Å². The van der Waals surface area contributed by atoms with Gasteiger partial charge in [-0.15, -0.1) is 0 Å². The maximum Gasteiger partial charge on any atom is 0.329 e. The molecule has 9 heteroatoms. The Bertz CT molecular complexity index is 1130. The van der Waals surface area contributed by atoms with Crippen molar-refractivity contribution < 1.29 is 27.9 Å². The number of benzene rings is 2. The summed E-state index contributed by atoms with van der Waals surface area (Å²) >= 11 is 6.17. The number of fused-ring (bicyclic) bond motifs is 1. The molecule has 0 spiro atoms. The van der Waals surface area contributed by atoms with Crippen LogP contribution in [0, 0.1) is 17.0 Å². The minimum absolute atomic E-state index is 0.0118. The number of ketones is 1. The molecule has 0 saturated heterocycles. The topological polar surface area (TPSA) is 75.7 Å². The number of rotatable bonds is 11. The van der Waals surface area contributed by atoms with E-state index in [0.29, 0.717) is 29.1 Å². The van der Waals surface area contributed by atoms with E-state index in [-0.39, 0.29) is 29.8 Å². The molecule has 3 rings (SSSR count). The third-order valence-electron chi connectivity index (χ3n) is 6.50. The number of nitrogens with zero attached hydrogens (tertiary/aromatic N) is 1. The summed E-state index contributed by atoms with van der Waals surface area (Å²) in [5.74, 6) is -3.42. The number of halogens is 3. The number of amides is 1. The van der Waals surface area contributed by atoms with E-state index >= 15 is 0 Å². The van der Waals surface area contributed by atoms with Crippen LogP contribution >= 0.6 is 11.6 Å². The summed E-state index contributed by atoms with van der Waals surface area (Å²) in [7, 11) is 0. The molecule has 0 aliphatic carbocycles. The normalized spacial score (nSPS) is 17.5. The maximum absolute atomic E-state index is 14.5. The van der Waals surface area contributed by atoms with E-state index in [2.05, 4.69) is 26.1 Å². The van der Waals surface area contributed by atoms with Gasteiger partial charge in [0.05, 0.1) is 19.2 Å². The Kier molecular flexibility index (Phi) is 9.29. The van der Waals surface area contributed by atoms with Crippen LogP contribution in [-0.2, 0) is 25.7 Å². The minimum Gasteiger partial charge on any atom is -0.464 e. The molecule has 1 heterocycles. The zero-order valence-corrected chi connectivity index (χ0v) is 22.3. The first kappa shape index (κ1) is 28.6. The highest BCUT2D eigenvalue weighted by molar-refractivity contribution is 6.31. The molecule has 2 aromatic rings. The molecular weight excluding hydrogens is 502 g/mol. The van der Waals surface area contributed by atoms with Crippen LogP contribution in [0.25, 0.3) is 0 Å². The van der Waals surface area contributed by atoms with E-state index in [1.807, 2.05) is 0 Å². The lowest BCUT2D eigenvalue weighted by atomic mass is 9.82. The molecule has 3 atom stereocenters. The Labute approximate surface area is 221 Å². The van der Waals surface area contributed by atoms with Crippen LogP contribution < -0.4 is 5.32 Å². The number of hydrogen-bond donors (Lipinski definition) is 1. The average Bonchev–Trinajstić information content (AvgIpc) is 3.18. The van der Waals surface area contributed by atoms with Gasteiger partial charge in [-0.2, -0.15) is 0 Å². The fourth-order valence-electron chi connectivity index (χ4n) is 4.77. The zero-order valence-electron chi connectivity index (χ0n) is 21.5. The third kappa shape index (κ3) is 6.86. The number of nitrogens with one attached hydrogen (secondary N) is 1. The van der Waals surface area contributed by atoms with Gasteiger partial charge in [0.25, 0.3) is 0 Å². The lowest BCUT2D eigenvalue weighted by molar-refractivity contribution is -0.146. The number of Topliss-reactive ketones (excluding diaryl/α,β-unsaturated/α-hetero) is 1. The zero-order chi connectivity index (χ0) is 27.3. The van der Waals surface area contributed by atoms with Gasteiger partial charge in [0.2, 0.25) is 6.41 Å². The first-order valence-electron chi connectivity index (χ1n) is 12.4. The van der Waals surface area contributed by atoms with Gasteiger partial charge < -0.3 is 15.0 Å². The van der Waals surface area contributed by atoms with Crippen LogP contribution in [0.2, 0.25) is 5.02 Å². The molecule has 0 aromatic heterocycles. The van der Waals surface area contributed by atoms with E-state index < -0.39 is 42.2 Å². The standard InChI is InChI=1S/C28H33ClF2N2O4/c1-5-37-27(36)25-24(18-12-11-17(29)14-22(18)32-25)26(23(35)10-7-13-28(2,3)4)33(16-34)15-19-20(30)8-6-9-21(19)31/h6,8-9,11-12,14,16,24-26,32H,5,7,10,13,15H2,1-4H3. The van der Waals surface area contributed by atoms with E-state index in [9.17, 15) is 23.2 Å². The molecule has 6 nitrogen and oxygen atoms in total. The summed E-state index contributed by atoms with van der Waals surface area (Å²) in [5.41, 5.74) is 0.780. The molecule has 1 aliphatic rings. The lowest BCUT2D eigenvalue weighted by Crippen LogP contribution is -2.49. The van der Waals surface area contributed by atoms with Crippen molar-refractivity contribution in [3.05, 3.63) is 64.2 Å². The Hall–Kier alpha value is -3.00. The fourth-order valence-corrected chi connectivity index (χ4v) is 4.94. The first-order chi connectivity index (χ1) is 17.5. The molecule has 0 bridgehead atoms. The molecular formula is C28H33ClF2N2O4. The van der Waals surface area contributed by atoms with Gasteiger partial charge in [0.1, 0.15) is 17.7 Å². The predicted octanol–water partition coefficient (Wildman–Crippen LogP) is 5.87. The first-order valence-corrected chi connectivity index (χ1v) is 12.7. The summed E-state index contributed by atoms with van der Waals surface area (Å²) in [5, 5.41) is 3.51. The van der Waals surface area contributed by atoms with Crippen molar-refractivity contribution in [3.63, 3.8) is 0 Å². The van der Waals surface area contributed by atoms with Crippen LogP contribution in [0.1, 0.15) is 64.0 Å². The predicted molar refractivity (Wildman–Crippen MR) is 138 cm³/mol. The molecule has 37 heavy (non-hydrogen) atoms. The van der Waals surface area contributed by atoms with Gasteiger partial charge in [-0.1, -0.05) is 44.5 Å². The van der Waals surface area contributed by atoms with Gasteiger partial charge >= 0.3 is 5.97 Å². The van der Waals surface area contributed by atoms with Crippen molar-refractivity contribution in [2.24, 2.45) is 5.41 Å². The van der Waals surface area contributed by atoms with Crippen LogP contribution in [0.3, 0.4) is 0 Å². The van der Waals surface area contributed by atoms with Crippen molar-refractivity contribution in [2.45, 2.75) is 71.5 Å².